The largest absolute Gasteiger partial charge is 0.271 e. The van der Waals surface area contributed by atoms with E-state index in [9.17, 15) is 0 Å². The van der Waals surface area contributed by atoms with Crippen molar-refractivity contribution < 1.29 is 0 Å². The van der Waals surface area contributed by atoms with Gasteiger partial charge in [0.1, 0.15) is 0 Å². The Bertz CT molecular complexity index is 650. The summed E-state index contributed by atoms with van der Waals surface area (Å²) in [5.41, 5.74) is 0.911. The third kappa shape index (κ3) is 1.36. The van der Waals surface area contributed by atoms with Crippen LogP contribution in [0.15, 0.2) is 24.5 Å². The van der Waals surface area contributed by atoms with Gasteiger partial charge in [-0.25, -0.2) is 4.52 Å². The maximum absolute atomic E-state index is 5.03. The first kappa shape index (κ1) is 8.69. The van der Waals surface area contributed by atoms with Gasteiger partial charge in [0.05, 0.1) is 0 Å². The van der Waals surface area contributed by atoms with Crippen LogP contribution in [0.2, 0.25) is 0 Å². The van der Waals surface area contributed by atoms with Crippen molar-refractivity contribution in [3.8, 4) is 11.4 Å². The first-order valence-corrected chi connectivity index (χ1v) is 5.42. The van der Waals surface area contributed by atoms with Crippen molar-refractivity contribution in [2.75, 3.05) is 0 Å². The van der Waals surface area contributed by atoms with Crippen LogP contribution >= 0.6 is 23.6 Å². The van der Waals surface area contributed by atoms with Crippen molar-refractivity contribution >= 4 is 28.5 Å². The summed E-state index contributed by atoms with van der Waals surface area (Å²) in [4.78, 5) is 4.80. The minimum atomic E-state index is 0.685. The number of aromatic amines is 1. The van der Waals surface area contributed by atoms with Crippen LogP contribution in [0.5, 0.6) is 0 Å². The third-order valence-corrected chi connectivity index (χ3v) is 3.00. The molecule has 15 heavy (non-hydrogen) atoms. The molecule has 0 saturated heterocycles. The van der Waals surface area contributed by atoms with E-state index in [4.69, 9.17) is 12.2 Å². The topological polar surface area (TPSA) is 58.9 Å². The second-order valence-corrected chi connectivity index (χ2v) is 4.53. The lowest BCUT2D eigenvalue weighted by atomic mass is 10.3. The number of aromatic nitrogens is 5. The Morgan fingerprint density at radius 2 is 2.33 bits per heavy atom. The van der Waals surface area contributed by atoms with Crippen LogP contribution in [0.4, 0.5) is 0 Å². The van der Waals surface area contributed by atoms with E-state index in [1.54, 1.807) is 16.9 Å². The molecule has 0 fully saturated rings. The van der Waals surface area contributed by atoms with E-state index in [1.807, 2.05) is 12.1 Å². The monoisotopic (exact) mass is 235 g/mol. The first-order valence-electron chi connectivity index (χ1n) is 4.19. The lowest BCUT2D eigenvalue weighted by molar-refractivity contribution is 0.957. The Morgan fingerprint density at radius 3 is 3.13 bits per heavy atom. The van der Waals surface area contributed by atoms with Crippen molar-refractivity contribution in [3.63, 3.8) is 0 Å². The van der Waals surface area contributed by atoms with Crippen LogP contribution < -0.4 is 0 Å². The smallest absolute Gasteiger partial charge is 0.234 e. The predicted octanol–water partition coefficient (Wildman–Crippen LogP) is 1.91. The normalized spacial score (nSPS) is 10.9. The molecule has 3 heterocycles. The number of hydrogen-bond acceptors (Lipinski definition) is 5. The van der Waals surface area contributed by atoms with Crippen LogP contribution in [-0.2, 0) is 0 Å². The second-order valence-electron chi connectivity index (χ2n) is 2.88. The summed E-state index contributed by atoms with van der Waals surface area (Å²) in [7, 11) is 0. The van der Waals surface area contributed by atoms with Crippen molar-refractivity contribution in [2.45, 2.75) is 0 Å². The van der Waals surface area contributed by atoms with Crippen molar-refractivity contribution in [3.05, 3.63) is 28.5 Å². The molecule has 0 amide bonds. The van der Waals surface area contributed by atoms with Gasteiger partial charge in [-0.1, -0.05) is 11.3 Å². The molecule has 5 nitrogen and oxygen atoms in total. The molecule has 0 unspecified atom stereocenters. The van der Waals surface area contributed by atoms with E-state index in [0.29, 0.717) is 3.95 Å². The summed E-state index contributed by atoms with van der Waals surface area (Å²) < 4.78 is 2.45. The molecule has 0 aromatic carbocycles. The Balaban J connectivity index is 2.31. The fourth-order valence-electron chi connectivity index (χ4n) is 1.32. The van der Waals surface area contributed by atoms with Crippen LogP contribution in [0.3, 0.4) is 0 Å². The SMILES string of the molecule is S=c1[nH]n2c(-c3cccnc3)nnc2s1. The van der Waals surface area contributed by atoms with Crippen LogP contribution in [0.1, 0.15) is 0 Å². The average molecular weight is 235 g/mol. The predicted molar refractivity (Wildman–Crippen MR) is 59.3 cm³/mol. The number of fused-ring (bicyclic) bond motifs is 1. The molecule has 1 N–H and O–H groups in total. The Kier molecular flexibility index (Phi) is 1.86. The molecular formula is C8H5N5S2. The van der Waals surface area contributed by atoms with Gasteiger partial charge in [-0.05, 0) is 24.4 Å². The van der Waals surface area contributed by atoms with Gasteiger partial charge in [0.2, 0.25) is 4.96 Å². The minimum absolute atomic E-state index is 0.685. The fourth-order valence-corrected chi connectivity index (χ4v) is 2.24. The van der Waals surface area contributed by atoms with E-state index >= 15 is 0 Å². The molecule has 0 atom stereocenters. The molecule has 3 aromatic rings. The van der Waals surface area contributed by atoms with Crippen molar-refractivity contribution in [2.24, 2.45) is 0 Å². The zero-order valence-corrected chi connectivity index (χ0v) is 9.05. The summed E-state index contributed by atoms with van der Waals surface area (Å²) in [5, 5.41) is 11.1. The van der Waals surface area contributed by atoms with E-state index < -0.39 is 0 Å². The van der Waals surface area contributed by atoms with Gasteiger partial charge in [0, 0.05) is 18.0 Å². The molecule has 0 bridgehead atoms. The Hall–Kier alpha value is -1.60. The summed E-state index contributed by atoms with van der Waals surface area (Å²) in [6.45, 7) is 0. The number of nitrogens with one attached hydrogen (secondary N) is 1. The summed E-state index contributed by atoms with van der Waals surface area (Å²) in [6, 6.07) is 3.79. The molecule has 74 valence electrons. The van der Waals surface area contributed by atoms with Crippen LogP contribution in [0.25, 0.3) is 16.3 Å². The highest BCUT2D eigenvalue weighted by Crippen LogP contribution is 2.18. The van der Waals surface area contributed by atoms with Crippen LogP contribution in [0, 0.1) is 3.95 Å². The molecule has 0 aliphatic carbocycles. The highest BCUT2D eigenvalue weighted by Gasteiger charge is 2.09. The molecule has 0 spiro atoms. The summed E-state index contributed by atoms with van der Waals surface area (Å²) in [6.07, 6.45) is 3.46. The van der Waals surface area contributed by atoms with Crippen molar-refractivity contribution in [1.29, 1.82) is 0 Å². The highest BCUT2D eigenvalue weighted by atomic mass is 32.1. The lowest BCUT2D eigenvalue weighted by Crippen LogP contribution is -1.89. The van der Waals surface area contributed by atoms with Gasteiger partial charge in [-0.15, -0.1) is 10.2 Å². The zero-order chi connectivity index (χ0) is 10.3. The fraction of sp³-hybridized carbons (Fsp3) is 0. The van der Waals surface area contributed by atoms with Crippen molar-refractivity contribution in [1.82, 2.24) is 24.8 Å². The highest BCUT2D eigenvalue weighted by molar-refractivity contribution is 7.73. The van der Waals surface area contributed by atoms with E-state index in [1.165, 1.54) is 11.3 Å². The second kappa shape index (κ2) is 3.21. The number of H-pyrrole nitrogens is 1. The molecule has 0 aliphatic rings. The minimum Gasteiger partial charge on any atom is -0.271 e. The van der Waals surface area contributed by atoms with Crippen LogP contribution in [-0.4, -0.2) is 24.8 Å². The number of pyridine rings is 1. The van der Waals surface area contributed by atoms with Gasteiger partial charge in [-0.2, -0.15) is 0 Å². The zero-order valence-electron chi connectivity index (χ0n) is 7.41. The first-order chi connectivity index (χ1) is 7.34. The molecule has 7 heteroatoms. The molecule has 0 saturated carbocycles. The lowest BCUT2D eigenvalue weighted by Gasteiger charge is -1.94. The van der Waals surface area contributed by atoms with Gasteiger partial charge in [0.15, 0.2) is 9.78 Å². The van der Waals surface area contributed by atoms with E-state index in [0.717, 1.165) is 16.3 Å². The molecule has 0 radical (unpaired) electrons. The molecule has 3 aromatic heterocycles. The van der Waals surface area contributed by atoms with E-state index in [2.05, 4.69) is 20.3 Å². The standard InChI is InChI=1S/C8H5N5S2/c14-8-12-13-6(10-11-7(13)15-8)5-2-1-3-9-4-5/h1-4H,(H,12,14). The third-order valence-electron chi connectivity index (χ3n) is 1.94. The maximum atomic E-state index is 5.03. The Morgan fingerprint density at radius 1 is 1.40 bits per heavy atom. The molecule has 0 aliphatic heterocycles. The van der Waals surface area contributed by atoms with E-state index in [-0.39, 0.29) is 0 Å². The van der Waals surface area contributed by atoms with Gasteiger partial charge in [0.25, 0.3) is 0 Å². The van der Waals surface area contributed by atoms with Gasteiger partial charge >= 0.3 is 0 Å². The molecule has 3 rings (SSSR count). The summed E-state index contributed by atoms with van der Waals surface area (Å²) in [5.74, 6) is 0.727. The van der Waals surface area contributed by atoms with Gasteiger partial charge in [-0.3, -0.25) is 10.1 Å². The average Bonchev–Trinajstić information content (AvgIpc) is 2.77. The number of nitrogens with zero attached hydrogens (tertiary/aromatic N) is 4. The quantitative estimate of drug-likeness (QED) is 0.654. The molecular weight excluding hydrogens is 230 g/mol. The number of rotatable bonds is 1. The Labute approximate surface area is 93.4 Å². The number of hydrogen-bond donors (Lipinski definition) is 1. The maximum Gasteiger partial charge on any atom is 0.234 e. The summed E-state index contributed by atoms with van der Waals surface area (Å²) >= 11 is 6.43. The van der Waals surface area contributed by atoms with Gasteiger partial charge < -0.3 is 0 Å².